The Kier molecular flexibility index (Phi) is 9.71. The summed E-state index contributed by atoms with van der Waals surface area (Å²) >= 11 is 0. The number of guanidine groups is 1. The van der Waals surface area contributed by atoms with Gasteiger partial charge in [0.15, 0.2) is 5.96 Å². The quantitative estimate of drug-likeness (QED) is 0.311. The molecule has 0 aliphatic rings. The second-order valence-electron chi connectivity index (χ2n) is 6.87. The molecule has 0 fully saturated rings. The van der Waals surface area contributed by atoms with Gasteiger partial charge in [0.2, 0.25) is 5.91 Å². The van der Waals surface area contributed by atoms with Crippen molar-refractivity contribution in [1.82, 2.24) is 21.3 Å². The number of rotatable bonds is 8. The smallest absolute Gasteiger partial charge is 0.407 e. The zero-order valence-electron chi connectivity index (χ0n) is 16.6. The molecule has 0 aromatic heterocycles. The number of carbonyl (C=O) groups excluding carboxylic acids is 2. The second kappa shape index (κ2) is 11.8. The van der Waals surface area contributed by atoms with Crippen LogP contribution in [0.5, 0.6) is 0 Å². The molecule has 0 unspecified atom stereocenters. The first kappa shape index (κ1) is 22.3. The number of nitrogens with one attached hydrogen (secondary N) is 4. The Labute approximate surface area is 161 Å². The van der Waals surface area contributed by atoms with Crippen LogP contribution in [0.25, 0.3) is 0 Å². The third kappa shape index (κ3) is 11.5. The van der Waals surface area contributed by atoms with Crippen LogP contribution in [0.3, 0.4) is 0 Å². The van der Waals surface area contributed by atoms with Crippen molar-refractivity contribution in [2.45, 2.75) is 39.3 Å². The summed E-state index contributed by atoms with van der Waals surface area (Å²) in [5, 5.41) is 11.6. The van der Waals surface area contributed by atoms with Gasteiger partial charge in [0.05, 0.1) is 0 Å². The molecule has 150 valence electrons. The molecule has 0 saturated heterocycles. The number of hydrogen-bond donors (Lipinski definition) is 4. The normalized spacial score (nSPS) is 11.5. The van der Waals surface area contributed by atoms with Crippen LogP contribution in [0.4, 0.5) is 4.79 Å². The third-order valence-corrected chi connectivity index (χ3v) is 3.29. The summed E-state index contributed by atoms with van der Waals surface area (Å²) in [6, 6.07) is 9.76. The van der Waals surface area contributed by atoms with Gasteiger partial charge in [-0.25, -0.2) is 4.79 Å². The summed E-state index contributed by atoms with van der Waals surface area (Å²) in [6.45, 7) is 7.29. The molecular weight excluding hydrogens is 346 g/mol. The van der Waals surface area contributed by atoms with E-state index in [0.29, 0.717) is 38.6 Å². The van der Waals surface area contributed by atoms with Crippen LogP contribution in [0, 0.1) is 0 Å². The fourth-order valence-electron chi connectivity index (χ4n) is 2.06. The minimum atomic E-state index is -0.518. The second-order valence-corrected chi connectivity index (χ2v) is 6.87. The van der Waals surface area contributed by atoms with Crippen LogP contribution >= 0.6 is 0 Å². The highest BCUT2D eigenvalue weighted by Gasteiger charge is 2.15. The van der Waals surface area contributed by atoms with E-state index in [-0.39, 0.29) is 5.91 Å². The van der Waals surface area contributed by atoms with E-state index in [1.54, 1.807) is 7.05 Å². The van der Waals surface area contributed by atoms with Gasteiger partial charge in [-0.1, -0.05) is 30.3 Å². The molecule has 27 heavy (non-hydrogen) atoms. The van der Waals surface area contributed by atoms with Crippen LogP contribution in [-0.2, 0) is 16.1 Å². The zero-order valence-corrected chi connectivity index (χ0v) is 16.6. The van der Waals surface area contributed by atoms with E-state index in [1.165, 1.54) is 0 Å². The summed E-state index contributed by atoms with van der Waals surface area (Å²) in [5.41, 5.74) is 0.546. The number of ether oxygens (including phenoxy) is 1. The van der Waals surface area contributed by atoms with Gasteiger partial charge >= 0.3 is 6.09 Å². The standard InChI is InChI=1S/C19H31N5O3/c1-19(2,3)27-18(26)23-13-12-22-17(20-4)21-11-10-16(25)24-14-15-8-6-5-7-9-15/h5-9H,10-14H2,1-4H3,(H,23,26)(H,24,25)(H2,20,21,22). The van der Waals surface area contributed by atoms with Gasteiger partial charge in [0.25, 0.3) is 0 Å². The molecule has 0 atom stereocenters. The van der Waals surface area contributed by atoms with Crippen molar-refractivity contribution in [3.63, 3.8) is 0 Å². The van der Waals surface area contributed by atoms with E-state index < -0.39 is 11.7 Å². The molecule has 0 saturated carbocycles. The van der Waals surface area contributed by atoms with Crippen LogP contribution < -0.4 is 21.3 Å². The molecular formula is C19H31N5O3. The van der Waals surface area contributed by atoms with Gasteiger partial charge < -0.3 is 26.0 Å². The lowest BCUT2D eigenvalue weighted by molar-refractivity contribution is -0.121. The summed E-state index contributed by atoms with van der Waals surface area (Å²) in [7, 11) is 1.64. The summed E-state index contributed by atoms with van der Waals surface area (Å²) in [6.07, 6.45) is -0.119. The van der Waals surface area contributed by atoms with Crippen LogP contribution in [0.1, 0.15) is 32.8 Å². The fourth-order valence-corrected chi connectivity index (χ4v) is 2.06. The molecule has 0 bridgehead atoms. The van der Waals surface area contributed by atoms with Crippen molar-refractivity contribution < 1.29 is 14.3 Å². The zero-order chi connectivity index (χ0) is 20.1. The van der Waals surface area contributed by atoms with Gasteiger partial charge in [0, 0.05) is 39.6 Å². The molecule has 0 aliphatic carbocycles. The van der Waals surface area contributed by atoms with E-state index in [1.807, 2.05) is 51.1 Å². The third-order valence-electron chi connectivity index (χ3n) is 3.29. The average molecular weight is 377 g/mol. The molecule has 8 nitrogen and oxygen atoms in total. The Morgan fingerprint density at radius 1 is 0.963 bits per heavy atom. The summed E-state index contributed by atoms with van der Waals surface area (Å²) in [4.78, 5) is 27.5. The van der Waals surface area contributed by atoms with Gasteiger partial charge in [-0.05, 0) is 26.3 Å². The molecule has 0 spiro atoms. The maximum Gasteiger partial charge on any atom is 0.407 e. The maximum atomic E-state index is 11.9. The Hall–Kier alpha value is -2.77. The number of alkyl carbamates (subject to hydrolysis) is 1. The van der Waals surface area contributed by atoms with Gasteiger partial charge in [-0.3, -0.25) is 9.79 Å². The molecule has 0 heterocycles. The van der Waals surface area contributed by atoms with E-state index in [9.17, 15) is 9.59 Å². The highest BCUT2D eigenvalue weighted by atomic mass is 16.6. The molecule has 1 rings (SSSR count). The largest absolute Gasteiger partial charge is 0.444 e. The molecule has 0 radical (unpaired) electrons. The average Bonchev–Trinajstić information content (AvgIpc) is 2.61. The number of aliphatic imine (C=N–C) groups is 1. The van der Waals surface area contributed by atoms with Gasteiger partial charge in [0.1, 0.15) is 5.60 Å². The number of nitrogens with zero attached hydrogens (tertiary/aromatic N) is 1. The number of benzene rings is 1. The van der Waals surface area contributed by atoms with Crippen LogP contribution in [-0.4, -0.2) is 50.2 Å². The first-order chi connectivity index (χ1) is 12.8. The van der Waals surface area contributed by atoms with Crippen molar-refractivity contribution in [2.75, 3.05) is 26.7 Å². The van der Waals surface area contributed by atoms with Crippen molar-refractivity contribution in [3.8, 4) is 0 Å². The molecule has 0 aliphatic heterocycles. The maximum absolute atomic E-state index is 11.9. The Balaban J connectivity index is 2.13. The summed E-state index contributed by atoms with van der Waals surface area (Å²) in [5.74, 6) is 0.533. The van der Waals surface area contributed by atoms with Crippen molar-refractivity contribution in [3.05, 3.63) is 35.9 Å². The van der Waals surface area contributed by atoms with Crippen molar-refractivity contribution >= 4 is 18.0 Å². The minimum absolute atomic E-state index is 0.0339. The fraction of sp³-hybridized carbons (Fsp3) is 0.526. The van der Waals surface area contributed by atoms with Crippen LogP contribution in [0.2, 0.25) is 0 Å². The van der Waals surface area contributed by atoms with Gasteiger partial charge in [-0.2, -0.15) is 0 Å². The van der Waals surface area contributed by atoms with E-state index in [0.717, 1.165) is 5.56 Å². The molecule has 1 aromatic rings. The minimum Gasteiger partial charge on any atom is -0.444 e. The van der Waals surface area contributed by atoms with Crippen LogP contribution in [0.15, 0.2) is 35.3 Å². The SMILES string of the molecule is CN=C(NCCNC(=O)OC(C)(C)C)NCCC(=O)NCc1ccccc1. The van der Waals surface area contributed by atoms with Crippen molar-refractivity contribution in [1.29, 1.82) is 0 Å². The molecule has 8 heteroatoms. The summed E-state index contributed by atoms with van der Waals surface area (Å²) < 4.78 is 5.15. The Morgan fingerprint density at radius 3 is 2.22 bits per heavy atom. The van der Waals surface area contributed by atoms with Crippen molar-refractivity contribution in [2.24, 2.45) is 4.99 Å². The predicted molar refractivity (Wildman–Crippen MR) is 107 cm³/mol. The van der Waals surface area contributed by atoms with E-state index >= 15 is 0 Å². The number of hydrogen-bond acceptors (Lipinski definition) is 4. The highest BCUT2D eigenvalue weighted by Crippen LogP contribution is 2.05. The molecule has 4 N–H and O–H groups in total. The highest BCUT2D eigenvalue weighted by molar-refractivity contribution is 5.81. The number of amides is 2. The topological polar surface area (TPSA) is 104 Å². The molecule has 1 aromatic carbocycles. The Morgan fingerprint density at radius 2 is 1.59 bits per heavy atom. The Bertz CT molecular complexity index is 612. The number of carbonyl (C=O) groups is 2. The molecule has 2 amide bonds. The first-order valence-electron chi connectivity index (χ1n) is 9.02. The monoisotopic (exact) mass is 377 g/mol. The lowest BCUT2D eigenvalue weighted by Crippen LogP contribution is -2.43. The lowest BCUT2D eigenvalue weighted by Gasteiger charge is -2.19. The predicted octanol–water partition coefficient (Wildman–Crippen LogP) is 1.38. The first-order valence-corrected chi connectivity index (χ1v) is 9.02. The lowest BCUT2D eigenvalue weighted by atomic mass is 10.2. The van der Waals surface area contributed by atoms with E-state index in [4.69, 9.17) is 4.74 Å². The van der Waals surface area contributed by atoms with E-state index in [2.05, 4.69) is 26.3 Å². The van der Waals surface area contributed by atoms with Gasteiger partial charge in [-0.15, -0.1) is 0 Å².